The first kappa shape index (κ1) is 11.5. The molecule has 0 heterocycles. The average molecular weight is 201 g/mol. The number of rotatable bonds is 7. The van der Waals surface area contributed by atoms with Crippen LogP contribution in [0.2, 0.25) is 0 Å². The van der Waals surface area contributed by atoms with E-state index in [1.807, 2.05) is 6.92 Å². The van der Waals surface area contributed by atoms with E-state index in [1.165, 1.54) is 0 Å². The number of nitrogens with one attached hydrogen (secondary N) is 1. The Morgan fingerprint density at radius 3 is 2.79 bits per heavy atom. The van der Waals surface area contributed by atoms with Crippen molar-refractivity contribution < 1.29 is 14.6 Å². The Morgan fingerprint density at radius 2 is 2.29 bits per heavy atom. The molecule has 82 valence electrons. The van der Waals surface area contributed by atoms with Gasteiger partial charge in [0.2, 0.25) is 5.91 Å². The summed E-state index contributed by atoms with van der Waals surface area (Å²) in [5, 5.41) is 11.8. The first-order valence-electron chi connectivity index (χ1n) is 5.18. The zero-order chi connectivity index (χ0) is 10.4. The van der Waals surface area contributed by atoms with Crippen molar-refractivity contribution in [3.05, 3.63) is 0 Å². The molecule has 0 saturated heterocycles. The van der Waals surface area contributed by atoms with Gasteiger partial charge >= 0.3 is 0 Å². The van der Waals surface area contributed by atoms with Gasteiger partial charge in [0.1, 0.15) is 0 Å². The lowest BCUT2D eigenvalue weighted by molar-refractivity contribution is -0.122. The van der Waals surface area contributed by atoms with E-state index in [1.54, 1.807) is 0 Å². The summed E-state index contributed by atoms with van der Waals surface area (Å²) in [6.45, 7) is 3.82. The maximum absolute atomic E-state index is 11.2. The molecule has 0 aliphatic heterocycles. The first-order valence-corrected chi connectivity index (χ1v) is 5.18. The fourth-order valence-corrected chi connectivity index (χ4v) is 1.25. The molecule has 2 N–H and O–H groups in total. The molecule has 0 aromatic carbocycles. The van der Waals surface area contributed by atoms with Crippen molar-refractivity contribution in [1.82, 2.24) is 5.32 Å². The largest absolute Gasteiger partial charge is 0.396 e. The van der Waals surface area contributed by atoms with Crippen molar-refractivity contribution in [2.75, 3.05) is 26.4 Å². The third kappa shape index (κ3) is 3.64. The van der Waals surface area contributed by atoms with E-state index in [9.17, 15) is 4.79 Å². The summed E-state index contributed by atoms with van der Waals surface area (Å²) in [5.41, 5.74) is 0.00126. The highest BCUT2D eigenvalue weighted by molar-refractivity contribution is 5.76. The van der Waals surface area contributed by atoms with Crippen LogP contribution in [0.25, 0.3) is 0 Å². The standard InChI is InChI=1S/C10H19NO3/c1-2-14-6-3-9(13)11-7-10(8-12)4-5-10/h12H,2-8H2,1H3,(H,11,13). The molecule has 0 bridgehead atoms. The van der Waals surface area contributed by atoms with Gasteiger partial charge in [0, 0.05) is 25.0 Å². The number of aliphatic hydroxyl groups excluding tert-OH is 1. The fraction of sp³-hybridized carbons (Fsp3) is 0.900. The smallest absolute Gasteiger partial charge is 0.222 e. The molecular formula is C10H19NO3. The van der Waals surface area contributed by atoms with Gasteiger partial charge in [-0.05, 0) is 19.8 Å². The van der Waals surface area contributed by atoms with E-state index < -0.39 is 0 Å². The highest BCUT2D eigenvalue weighted by Gasteiger charge is 2.41. The lowest BCUT2D eigenvalue weighted by atomic mass is 10.1. The number of hydrogen-bond acceptors (Lipinski definition) is 3. The minimum atomic E-state index is 0.00126. The van der Waals surface area contributed by atoms with Gasteiger partial charge in [0.25, 0.3) is 0 Å². The molecule has 1 amide bonds. The number of amides is 1. The topological polar surface area (TPSA) is 58.6 Å². The molecule has 0 atom stereocenters. The van der Waals surface area contributed by atoms with Crippen molar-refractivity contribution in [2.24, 2.45) is 5.41 Å². The number of carbonyl (C=O) groups excluding carboxylic acids is 1. The number of carbonyl (C=O) groups is 1. The lowest BCUT2D eigenvalue weighted by Crippen LogP contribution is -2.32. The van der Waals surface area contributed by atoms with E-state index in [4.69, 9.17) is 9.84 Å². The molecule has 1 aliphatic rings. The van der Waals surface area contributed by atoms with Crippen LogP contribution in [0.5, 0.6) is 0 Å². The summed E-state index contributed by atoms with van der Waals surface area (Å²) < 4.78 is 5.07. The molecule has 1 saturated carbocycles. The minimum absolute atomic E-state index is 0.00126. The van der Waals surface area contributed by atoms with Crippen LogP contribution in [-0.2, 0) is 9.53 Å². The molecule has 14 heavy (non-hydrogen) atoms. The summed E-state index contributed by atoms with van der Waals surface area (Å²) >= 11 is 0. The molecule has 1 fully saturated rings. The Bertz CT molecular complexity index is 190. The van der Waals surface area contributed by atoms with Crippen LogP contribution in [-0.4, -0.2) is 37.4 Å². The molecule has 0 radical (unpaired) electrons. The van der Waals surface area contributed by atoms with Crippen LogP contribution in [0.4, 0.5) is 0 Å². The summed E-state index contributed by atoms with van der Waals surface area (Å²) in [7, 11) is 0. The molecule has 0 aromatic heterocycles. The zero-order valence-corrected chi connectivity index (χ0v) is 8.71. The molecule has 1 rings (SSSR count). The second kappa shape index (κ2) is 5.32. The Hall–Kier alpha value is -0.610. The number of ether oxygens (including phenoxy) is 1. The van der Waals surface area contributed by atoms with Crippen molar-refractivity contribution in [1.29, 1.82) is 0 Å². The third-order valence-electron chi connectivity index (χ3n) is 2.63. The highest BCUT2D eigenvalue weighted by Crippen LogP contribution is 2.44. The predicted octanol–water partition coefficient (Wildman–Crippen LogP) is 0.302. The third-order valence-corrected chi connectivity index (χ3v) is 2.63. The molecule has 4 nitrogen and oxygen atoms in total. The van der Waals surface area contributed by atoms with Crippen molar-refractivity contribution >= 4 is 5.91 Å². The monoisotopic (exact) mass is 201 g/mol. The Kier molecular flexibility index (Phi) is 4.35. The van der Waals surface area contributed by atoms with Crippen molar-refractivity contribution in [3.63, 3.8) is 0 Å². The van der Waals surface area contributed by atoms with Crippen LogP contribution >= 0.6 is 0 Å². The fourth-order valence-electron chi connectivity index (χ4n) is 1.25. The Morgan fingerprint density at radius 1 is 1.57 bits per heavy atom. The van der Waals surface area contributed by atoms with Gasteiger partial charge in [0.15, 0.2) is 0 Å². The summed E-state index contributed by atoms with van der Waals surface area (Å²) in [6.07, 6.45) is 2.46. The summed E-state index contributed by atoms with van der Waals surface area (Å²) in [5.74, 6) is 0.0122. The van der Waals surface area contributed by atoms with Gasteiger partial charge in [-0.1, -0.05) is 0 Å². The molecule has 0 aromatic rings. The van der Waals surface area contributed by atoms with Gasteiger partial charge in [-0.3, -0.25) is 4.79 Å². The quantitative estimate of drug-likeness (QED) is 0.582. The SMILES string of the molecule is CCOCCC(=O)NCC1(CO)CC1. The van der Waals surface area contributed by atoms with Crippen LogP contribution in [0.15, 0.2) is 0 Å². The highest BCUT2D eigenvalue weighted by atomic mass is 16.5. The van der Waals surface area contributed by atoms with Crippen molar-refractivity contribution in [3.8, 4) is 0 Å². The average Bonchev–Trinajstić information content (AvgIpc) is 2.96. The van der Waals surface area contributed by atoms with Gasteiger partial charge in [-0.2, -0.15) is 0 Å². The predicted molar refractivity (Wildman–Crippen MR) is 52.9 cm³/mol. The van der Waals surface area contributed by atoms with Crippen molar-refractivity contribution in [2.45, 2.75) is 26.2 Å². The van der Waals surface area contributed by atoms with E-state index in [0.29, 0.717) is 26.2 Å². The summed E-state index contributed by atoms with van der Waals surface area (Å²) in [4.78, 5) is 11.2. The van der Waals surface area contributed by atoms with E-state index >= 15 is 0 Å². The molecule has 0 unspecified atom stereocenters. The van der Waals surface area contributed by atoms with E-state index in [-0.39, 0.29) is 17.9 Å². The van der Waals surface area contributed by atoms with Crippen LogP contribution in [0, 0.1) is 5.41 Å². The maximum atomic E-state index is 11.2. The minimum Gasteiger partial charge on any atom is -0.396 e. The zero-order valence-electron chi connectivity index (χ0n) is 8.71. The van der Waals surface area contributed by atoms with E-state index in [2.05, 4.69) is 5.32 Å². The van der Waals surface area contributed by atoms with Gasteiger partial charge in [-0.15, -0.1) is 0 Å². The normalized spacial score (nSPS) is 17.9. The van der Waals surface area contributed by atoms with Gasteiger partial charge in [-0.25, -0.2) is 0 Å². The van der Waals surface area contributed by atoms with Gasteiger partial charge in [0.05, 0.1) is 13.2 Å². The molecule has 1 aliphatic carbocycles. The molecule has 4 heteroatoms. The van der Waals surface area contributed by atoms with Crippen LogP contribution in [0.1, 0.15) is 26.2 Å². The van der Waals surface area contributed by atoms with Crippen LogP contribution in [0.3, 0.4) is 0 Å². The second-order valence-corrected chi connectivity index (χ2v) is 3.88. The second-order valence-electron chi connectivity index (χ2n) is 3.88. The Labute approximate surface area is 84.6 Å². The lowest BCUT2D eigenvalue weighted by Gasteiger charge is -2.12. The number of hydrogen-bond donors (Lipinski definition) is 2. The first-order chi connectivity index (χ1) is 6.72. The number of aliphatic hydroxyl groups is 1. The summed E-state index contributed by atoms with van der Waals surface area (Å²) in [6, 6.07) is 0. The Balaban J connectivity index is 2.03. The van der Waals surface area contributed by atoms with Gasteiger partial charge < -0.3 is 15.2 Å². The van der Waals surface area contributed by atoms with Crippen LogP contribution < -0.4 is 5.32 Å². The molecular weight excluding hydrogens is 182 g/mol. The van der Waals surface area contributed by atoms with E-state index in [0.717, 1.165) is 12.8 Å². The molecule has 0 spiro atoms. The maximum Gasteiger partial charge on any atom is 0.222 e.